The summed E-state index contributed by atoms with van der Waals surface area (Å²) in [4.78, 5) is 0. The molecule has 2 radical (unpaired) electrons. The Morgan fingerprint density at radius 3 is 2.40 bits per heavy atom. The van der Waals surface area contributed by atoms with Crippen LogP contribution in [0.3, 0.4) is 0 Å². The Bertz CT molecular complexity index is 153. The smallest absolute Gasteiger partial charge is 0.178 e. The molecular weight excluding hydrogens is 181 g/mol. The molecule has 0 aromatic rings. The minimum Gasteiger partial charge on any atom is -0.364 e. The maximum atomic E-state index is 5.47. The highest BCUT2D eigenvalue weighted by Gasteiger charge is 2.23. The lowest BCUT2D eigenvalue weighted by Gasteiger charge is -2.32. The van der Waals surface area contributed by atoms with E-state index in [2.05, 4.69) is 19.1 Å². The molecular formula is C13H26BN. The van der Waals surface area contributed by atoms with Gasteiger partial charge in [-0.3, -0.25) is 0 Å². The lowest BCUT2D eigenvalue weighted by Crippen LogP contribution is -2.32. The summed E-state index contributed by atoms with van der Waals surface area (Å²) in [5, 5.41) is 2.92. The first-order valence-electron chi connectivity index (χ1n) is 6.74. The zero-order valence-corrected chi connectivity index (χ0v) is 10.5. The maximum Gasteiger partial charge on any atom is 0.178 e. The Morgan fingerprint density at radius 1 is 1.20 bits per heavy atom. The first-order chi connectivity index (χ1) is 7.27. The van der Waals surface area contributed by atoms with Gasteiger partial charge in [0.25, 0.3) is 0 Å². The van der Waals surface area contributed by atoms with Crippen molar-refractivity contribution in [2.75, 3.05) is 0 Å². The first kappa shape index (κ1) is 13.1. The van der Waals surface area contributed by atoms with Gasteiger partial charge < -0.3 is 5.23 Å². The molecule has 15 heavy (non-hydrogen) atoms. The fourth-order valence-corrected chi connectivity index (χ4v) is 2.81. The molecule has 1 aliphatic rings. The van der Waals surface area contributed by atoms with Crippen molar-refractivity contribution in [3.05, 3.63) is 0 Å². The first-order valence-corrected chi connectivity index (χ1v) is 6.74. The molecule has 1 aliphatic carbocycles. The van der Waals surface area contributed by atoms with Crippen molar-refractivity contribution < 1.29 is 0 Å². The van der Waals surface area contributed by atoms with E-state index in [0.717, 1.165) is 11.8 Å². The second-order valence-corrected chi connectivity index (χ2v) is 5.25. The second kappa shape index (κ2) is 7.32. The summed E-state index contributed by atoms with van der Waals surface area (Å²) >= 11 is 0. The van der Waals surface area contributed by atoms with Crippen molar-refractivity contribution in [3.63, 3.8) is 0 Å². The average Bonchev–Trinajstić information content (AvgIpc) is 2.29. The zero-order valence-electron chi connectivity index (χ0n) is 10.5. The number of hydrogen-bond acceptors (Lipinski definition) is 1. The summed E-state index contributed by atoms with van der Waals surface area (Å²) in [6.45, 7) is 4.72. The van der Waals surface area contributed by atoms with E-state index in [0.29, 0.717) is 6.04 Å². The van der Waals surface area contributed by atoms with Crippen LogP contribution in [0.1, 0.15) is 65.2 Å². The molecule has 1 N–H and O–H groups in total. The molecule has 1 unspecified atom stereocenters. The normalized spacial score (nSPS) is 28.9. The van der Waals surface area contributed by atoms with E-state index in [1.807, 2.05) is 0 Å². The summed E-state index contributed by atoms with van der Waals surface area (Å²) in [6, 6.07) is 0.587. The van der Waals surface area contributed by atoms with Crippen LogP contribution in [0.25, 0.3) is 0 Å². The minimum absolute atomic E-state index is 0.587. The Kier molecular flexibility index (Phi) is 6.39. The molecule has 1 fully saturated rings. The average molecular weight is 207 g/mol. The fraction of sp³-hybridized carbons (Fsp3) is 1.00. The van der Waals surface area contributed by atoms with Crippen LogP contribution in [0.15, 0.2) is 0 Å². The topological polar surface area (TPSA) is 12.0 Å². The molecule has 1 atom stereocenters. The molecule has 0 amide bonds. The van der Waals surface area contributed by atoms with Crippen LogP contribution in [0, 0.1) is 11.8 Å². The van der Waals surface area contributed by atoms with Crippen molar-refractivity contribution in [1.82, 2.24) is 5.23 Å². The van der Waals surface area contributed by atoms with E-state index in [1.165, 1.54) is 51.4 Å². The summed E-state index contributed by atoms with van der Waals surface area (Å²) in [5.74, 6) is 1.89. The van der Waals surface area contributed by atoms with Crippen molar-refractivity contribution in [2.24, 2.45) is 11.8 Å². The lowest BCUT2D eigenvalue weighted by molar-refractivity contribution is 0.227. The molecule has 1 saturated carbocycles. The maximum absolute atomic E-state index is 5.47. The molecule has 0 aliphatic heterocycles. The van der Waals surface area contributed by atoms with E-state index in [1.54, 1.807) is 0 Å². The standard InChI is InChI=1S/C13H26BN/c1-3-4-5-6-11(2)12-7-9-13(15-14)10-8-12/h11-13,15H,3-10H2,1-2H3. The highest BCUT2D eigenvalue weighted by Crippen LogP contribution is 2.32. The molecule has 0 bridgehead atoms. The summed E-state index contributed by atoms with van der Waals surface area (Å²) in [6.07, 6.45) is 10.9. The number of nitrogens with one attached hydrogen (secondary N) is 1. The van der Waals surface area contributed by atoms with Crippen LogP contribution in [0.2, 0.25) is 0 Å². The van der Waals surface area contributed by atoms with Crippen molar-refractivity contribution in [2.45, 2.75) is 71.3 Å². The number of hydrogen-bond donors (Lipinski definition) is 1. The van der Waals surface area contributed by atoms with Gasteiger partial charge in [-0.1, -0.05) is 39.5 Å². The molecule has 1 rings (SSSR count). The van der Waals surface area contributed by atoms with Gasteiger partial charge in [0.05, 0.1) is 0 Å². The molecule has 0 spiro atoms. The predicted octanol–water partition coefficient (Wildman–Crippen LogP) is 3.43. The third-order valence-corrected chi connectivity index (χ3v) is 4.08. The molecule has 1 nitrogen and oxygen atoms in total. The Morgan fingerprint density at radius 2 is 1.87 bits per heavy atom. The summed E-state index contributed by atoms with van der Waals surface area (Å²) in [7, 11) is 5.47. The van der Waals surface area contributed by atoms with E-state index in [4.69, 9.17) is 7.98 Å². The lowest BCUT2D eigenvalue weighted by atomic mass is 9.77. The van der Waals surface area contributed by atoms with E-state index < -0.39 is 0 Å². The van der Waals surface area contributed by atoms with Gasteiger partial charge in [-0.05, 0) is 43.6 Å². The van der Waals surface area contributed by atoms with Gasteiger partial charge in [0.1, 0.15) is 0 Å². The molecule has 0 aromatic heterocycles. The predicted molar refractivity (Wildman–Crippen MR) is 67.9 cm³/mol. The van der Waals surface area contributed by atoms with Gasteiger partial charge in [0.15, 0.2) is 7.98 Å². The van der Waals surface area contributed by atoms with Gasteiger partial charge >= 0.3 is 0 Å². The van der Waals surface area contributed by atoms with Gasteiger partial charge in [-0.15, -0.1) is 0 Å². The van der Waals surface area contributed by atoms with E-state index in [9.17, 15) is 0 Å². The van der Waals surface area contributed by atoms with Crippen molar-refractivity contribution >= 4 is 7.98 Å². The van der Waals surface area contributed by atoms with Crippen molar-refractivity contribution in [1.29, 1.82) is 0 Å². The minimum atomic E-state index is 0.587. The Hall–Kier alpha value is 0.0249. The molecule has 0 aromatic carbocycles. The molecule has 0 heterocycles. The molecule has 0 saturated heterocycles. The number of rotatable bonds is 6. The van der Waals surface area contributed by atoms with Gasteiger partial charge in [0, 0.05) is 0 Å². The monoisotopic (exact) mass is 207 g/mol. The summed E-state index contributed by atoms with van der Waals surface area (Å²) in [5.41, 5.74) is 0. The van der Waals surface area contributed by atoms with Crippen LogP contribution >= 0.6 is 0 Å². The van der Waals surface area contributed by atoms with Crippen LogP contribution in [-0.4, -0.2) is 14.0 Å². The quantitative estimate of drug-likeness (QED) is 0.519. The van der Waals surface area contributed by atoms with Gasteiger partial charge in [-0.25, -0.2) is 0 Å². The van der Waals surface area contributed by atoms with Crippen molar-refractivity contribution in [3.8, 4) is 0 Å². The highest BCUT2D eigenvalue weighted by molar-refractivity contribution is 6.04. The van der Waals surface area contributed by atoms with Gasteiger partial charge in [-0.2, -0.15) is 0 Å². The van der Waals surface area contributed by atoms with Crippen LogP contribution in [0.4, 0.5) is 0 Å². The molecule has 86 valence electrons. The Balaban J connectivity index is 2.15. The fourth-order valence-electron chi connectivity index (χ4n) is 2.81. The zero-order chi connectivity index (χ0) is 11.1. The summed E-state index contributed by atoms with van der Waals surface area (Å²) < 4.78 is 0. The van der Waals surface area contributed by atoms with Crippen LogP contribution in [-0.2, 0) is 0 Å². The second-order valence-electron chi connectivity index (χ2n) is 5.25. The third-order valence-electron chi connectivity index (χ3n) is 4.08. The van der Waals surface area contributed by atoms with Gasteiger partial charge in [0.2, 0.25) is 0 Å². The van der Waals surface area contributed by atoms with Crippen LogP contribution in [0.5, 0.6) is 0 Å². The third kappa shape index (κ3) is 4.59. The van der Waals surface area contributed by atoms with E-state index in [-0.39, 0.29) is 0 Å². The van der Waals surface area contributed by atoms with Crippen LogP contribution < -0.4 is 5.23 Å². The molecule has 2 heteroatoms. The Labute approximate surface area is 96.8 Å². The number of unbranched alkanes of at least 4 members (excludes halogenated alkanes) is 2. The van der Waals surface area contributed by atoms with E-state index >= 15 is 0 Å². The SMILES string of the molecule is [B]NC1CCC(C(C)CCCCC)CC1. The largest absolute Gasteiger partial charge is 0.364 e. The highest BCUT2D eigenvalue weighted by atomic mass is 14.8.